The fourth-order valence-corrected chi connectivity index (χ4v) is 2.57. The van der Waals surface area contributed by atoms with Gasteiger partial charge in [0.1, 0.15) is 0 Å². The summed E-state index contributed by atoms with van der Waals surface area (Å²) in [5.74, 6) is 0. The van der Waals surface area contributed by atoms with E-state index in [-0.39, 0.29) is 0 Å². The van der Waals surface area contributed by atoms with Crippen LogP contribution in [0, 0.1) is 0 Å². The third kappa shape index (κ3) is 10.4. The average Bonchev–Trinajstić information content (AvgIpc) is 1.85. The minimum absolute atomic E-state index is 0.717. The van der Waals surface area contributed by atoms with E-state index in [9.17, 15) is 0 Å². The van der Waals surface area contributed by atoms with Crippen LogP contribution in [0.2, 0.25) is 0 Å². The van der Waals surface area contributed by atoms with Gasteiger partial charge in [-0.2, -0.15) is 0 Å². The molecule has 70 valence electrons. The van der Waals surface area contributed by atoms with Crippen molar-refractivity contribution in [2.45, 2.75) is 39.0 Å². The van der Waals surface area contributed by atoms with Crippen molar-refractivity contribution in [3.63, 3.8) is 0 Å². The predicted molar refractivity (Wildman–Crippen MR) is 59.7 cm³/mol. The number of hydrogen-bond acceptors (Lipinski definition) is 0. The molecule has 1 heteroatoms. The molecule has 0 aromatic heterocycles. The molecule has 0 radical (unpaired) electrons. The van der Waals surface area contributed by atoms with E-state index < -0.39 is 7.26 Å². The van der Waals surface area contributed by atoms with Crippen LogP contribution in [0.4, 0.5) is 0 Å². The normalized spacial score (nSPS) is 13.5. The predicted octanol–water partition coefficient (Wildman–Crippen LogP) is 3.60. The summed E-state index contributed by atoms with van der Waals surface area (Å²) in [6.07, 6.45) is 8.74. The Morgan fingerprint density at radius 2 is 1.36 bits per heavy atom. The van der Waals surface area contributed by atoms with E-state index in [0.717, 1.165) is 0 Å². The summed E-state index contributed by atoms with van der Waals surface area (Å²) in [6.45, 7) is 9.67. The average molecular weight is 176 g/mol. The number of unbranched alkanes of at least 4 members (excludes halogenated alkanes) is 4. The van der Waals surface area contributed by atoms with Crippen LogP contribution in [-0.2, 0) is 0 Å². The van der Waals surface area contributed by atoms with Crippen LogP contribution in [0.5, 0.6) is 0 Å². The van der Waals surface area contributed by atoms with Gasteiger partial charge in [-0.15, -0.1) is 0 Å². The molecule has 0 aliphatic heterocycles. The second-order valence-corrected chi connectivity index (χ2v) is 10.3. The second-order valence-electron chi connectivity index (χ2n) is 4.72. The van der Waals surface area contributed by atoms with Crippen molar-refractivity contribution in [2.75, 3.05) is 26.2 Å². The minimum atomic E-state index is -0.717. The molecule has 0 N–H and O–H groups in total. The van der Waals surface area contributed by atoms with Gasteiger partial charge >= 0.3 is 72.4 Å². The Kier molecular flexibility index (Phi) is 6.24. The molecule has 0 aliphatic rings. The Morgan fingerprint density at radius 1 is 0.818 bits per heavy atom. The third-order valence-corrected chi connectivity index (χ3v) is 3.88. The Labute approximate surface area is 73.1 Å². The molecular weight excluding hydrogens is 151 g/mol. The van der Waals surface area contributed by atoms with Gasteiger partial charge < -0.3 is 0 Å². The zero-order valence-corrected chi connectivity index (χ0v) is 9.74. The Morgan fingerprint density at radius 3 is 1.82 bits per heavy atom. The van der Waals surface area contributed by atoms with Crippen molar-refractivity contribution in [3.05, 3.63) is 0 Å². The molecule has 0 aliphatic carbocycles. The number of rotatable bonds is 6. The summed E-state index contributed by atoms with van der Waals surface area (Å²) >= 11 is 0. The molecule has 0 fully saturated rings. The molecule has 0 saturated heterocycles. The first-order valence-electron chi connectivity index (χ1n) is 5.06. The third-order valence-electron chi connectivity index (χ3n) is 2.03. The fraction of sp³-hybridized carbons (Fsp3) is 1.00. The van der Waals surface area contributed by atoms with E-state index in [1.54, 1.807) is 0 Å². The van der Waals surface area contributed by atoms with E-state index in [0.29, 0.717) is 0 Å². The van der Waals surface area contributed by atoms with E-state index in [1.165, 1.54) is 38.3 Å². The molecular formula is C10H25P. The SMILES string of the molecule is CCCCCCC[PH](C)(C)C. The summed E-state index contributed by atoms with van der Waals surface area (Å²) in [6, 6.07) is 0. The van der Waals surface area contributed by atoms with E-state index in [4.69, 9.17) is 0 Å². The van der Waals surface area contributed by atoms with Gasteiger partial charge in [0.25, 0.3) is 0 Å². The standard InChI is InChI=1S/C10H25P/c1-5-6-7-8-9-10-11(2,3)4/h11H,5-10H2,1-4H3. The molecule has 0 aromatic rings. The van der Waals surface area contributed by atoms with Gasteiger partial charge in [-0.25, -0.2) is 0 Å². The van der Waals surface area contributed by atoms with E-state index in [2.05, 4.69) is 26.9 Å². The van der Waals surface area contributed by atoms with Gasteiger partial charge in [0.15, 0.2) is 0 Å². The number of hydrogen-bond donors (Lipinski definition) is 0. The summed E-state index contributed by atoms with van der Waals surface area (Å²) in [4.78, 5) is 0. The monoisotopic (exact) mass is 176 g/mol. The van der Waals surface area contributed by atoms with Crippen LogP contribution in [-0.4, -0.2) is 26.2 Å². The van der Waals surface area contributed by atoms with Crippen molar-refractivity contribution in [1.82, 2.24) is 0 Å². The second kappa shape index (κ2) is 6.00. The van der Waals surface area contributed by atoms with Crippen LogP contribution < -0.4 is 0 Å². The molecule has 11 heavy (non-hydrogen) atoms. The fourth-order valence-electron chi connectivity index (χ4n) is 1.26. The van der Waals surface area contributed by atoms with Crippen LogP contribution in [0.1, 0.15) is 39.0 Å². The van der Waals surface area contributed by atoms with Gasteiger partial charge in [-0.1, -0.05) is 0 Å². The molecule has 0 spiro atoms. The van der Waals surface area contributed by atoms with Gasteiger partial charge in [0, 0.05) is 0 Å². The van der Waals surface area contributed by atoms with Gasteiger partial charge in [-0.05, 0) is 0 Å². The maximum absolute atomic E-state index is 2.47. The first-order chi connectivity index (χ1) is 5.06. The van der Waals surface area contributed by atoms with E-state index in [1.807, 2.05) is 0 Å². The van der Waals surface area contributed by atoms with Gasteiger partial charge in [-0.3, -0.25) is 0 Å². The first kappa shape index (κ1) is 11.4. The van der Waals surface area contributed by atoms with Crippen LogP contribution >= 0.6 is 7.26 Å². The first-order valence-corrected chi connectivity index (χ1v) is 8.77. The van der Waals surface area contributed by atoms with Crippen LogP contribution in [0.3, 0.4) is 0 Å². The van der Waals surface area contributed by atoms with Crippen molar-refractivity contribution in [3.8, 4) is 0 Å². The summed E-state index contributed by atoms with van der Waals surface area (Å²) in [5.41, 5.74) is 0. The Hall–Kier alpha value is 0.430. The Bertz CT molecular complexity index is 81.4. The van der Waals surface area contributed by atoms with Crippen molar-refractivity contribution in [2.24, 2.45) is 0 Å². The van der Waals surface area contributed by atoms with Crippen LogP contribution in [0.25, 0.3) is 0 Å². The summed E-state index contributed by atoms with van der Waals surface area (Å²) < 4.78 is 0. The molecule has 0 nitrogen and oxygen atoms in total. The molecule has 0 heterocycles. The Balaban J connectivity index is 3.02. The topological polar surface area (TPSA) is 0 Å². The molecule has 0 saturated carbocycles. The van der Waals surface area contributed by atoms with Gasteiger partial charge in [0.2, 0.25) is 0 Å². The van der Waals surface area contributed by atoms with E-state index >= 15 is 0 Å². The molecule has 0 unspecified atom stereocenters. The zero-order chi connectivity index (χ0) is 8.74. The summed E-state index contributed by atoms with van der Waals surface area (Å²) in [5, 5.41) is 0. The van der Waals surface area contributed by atoms with Crippen molar-refractivity contribution < 1.29 is 0 Å². The molecule has 0 atom stereocenters. The van der Waals surface area contributed by atoms with Crippen molar-refractivity contribution in [1.29, 1.82) is 0 Å². The molecule has 0 amide bonds. The summed E-state index contributed by atoms with van der Waals surface area (Å²) in [7, 11) is -0.717. The molecule has 0 aromatic carbocycles. The molecule has 0 rings (SSSR count). The zero-order valence-electron chi connectivity index (χ0n) is 8.74. The van der Waals surface area contributed by atoms with Gasteiger partial charge in [0.05, 0.1) is 0 Å². The molecule has 0 bridgehead atoms. The quantitative estimate of drug-likeness (QED) is 0.428. The van der Waals surface area contributed by atoms with Crippen LogP contribution in [0.15, 0.2) is 0 Å². The van der Waals surface area contributed by atoms with Crippen molar-refractivity contribution >= 4 is 7.26 Å². The maximum atomic E-state index is 2.47.